The minimum atomic E-state index is 1.13. The molecule has 230 valence electrons. The van der Waals surface area contributed by atoms with E-state index in [2.05, 4.69) is 181 Å². The second-order valence-corrected chi connectivity index (χ2v) is 14.7. The van der Waals surface area contributed by atoms with E-state index in [1.54, 1.807) is 0 Å². The molecule has 3 heteroatoms. The topological polar surface area (TPSA) is 3.24 Å². The van der Waals surface area contributed by atoms with Gasteiger partial charge in [-0.25, -0.2) is 0 Å². The van der Waals surface area contributed by atoms with Gasteiger partial charge < -0.3 is 4.90 Å². The Balaban J connectivity index is 1.14. The first-order valence-electron chi connectivity index (χ1n) is 16.6. The average Bonchev–Trinajstić information content (AvgIpc) is 3.73. The predicted octanol–water partition coefficient (Wildman–Crippen LogP) is 14.4. The highest BCUT2D eigenvalue weighted by atomic mass is 32.1. The molecular formula is C46H29NS2. The van der Waals surface area contributed by atoms with Gasteiger partial charge in [0.25, 0.3) is 0 Å². The summed E-state index contributed by atoms with van der Waals surface area (Å²) >= 11 is 3.73. The largest absolute Gasteiger partial charge is 0.310 e. The summed E-state index contributed by atoms with van der Waals surface area (Å²) in [4.78, 5) is 2.41. The Morgan fingerprint density at radius 2 is 0.837 bits per heavy atom. The molecule has 0 unspecified atom stereocenters. The van der Waals surface area contributed by atoms with E-state index in [-0.39, 0.29) is 0 Å². The van der Waals surface area contributed by atoms with E-state index in [1.807, 2.05) is 22.7 Å². The number of thiophene rings is 2. The molecule has 49 heavy (non-hydrogen) atoms. The Hall–Kier alpha value is -5.74. The van der Waals surface area contributed by atoms with E-state index in [0.717, 1.165) is 17.1 Å². The lowest BCUT2D eigenvalue weighted by Crippen LogP contribution is -2.09. The van der Waals surface area contributed by atoms with Gasteiger partial charge in [-0.1, -0.05) is 127 Å². The standard InChI is InChI=1S/C46H29NS2/c1-2-11-32(12-3-1)46-36-13-5-4-10-30(36)20-25-37(46)31-18-21-33(22-19-31)47(34-23-26-40-38-14-6-8-16-42(38)48-44(40)28-34)35-24-27-41-39-15-7-9-17-43(39)49-45(41)29-35/h1-29H. The van der Waals surface area contributed by atoms with Crippen molar-refractivity contribution in [2.75, 3.05) is 4.90 Å². The molecule has 0 aliphatic carbocycles. The third kappa shape index (κ3) is 4.74. The molecule has 0 saturated heterocycles. The van der Waals surface area contributed by atoms with Crippen molar-refractivity contribution in [2.45, 2.75) is 0 Å². The van der Waals surface area contributed by atoms with Crippen molar-refractivity contribution < 1.29 is 0 Å². The van der Waals surface area contributed by atoms with Crippen LogP contribution in [0.1, 0.15) is 0 Å². The highest BCUT2D eigenvalue weighted by Gasteiger charge is 2.18. The molecule has 2 heterocycles. The van der Waals surface area contributed by atoms with Crippen LogP contribution in [0, 0.1) is 0 Å². The van der Waals surface area contributed by atoms with Crippen molar-refractivity contribution in [2.24, 2.45) is 0 Å². The van der Waals surface area contributed by atoms with Gasteiger partial charge in [0.15, 0.2) is 0 Å². The molecular weight excluding hydrogens is 631 g/mol. The van der Waals surface area contributed by atoms with Gasteiger partial charge in [-0.05, 0) is 81.6 Å². The van der Waals surface area contributed by atoms with Crippen LogP contribution in [0.25, 0.3) is 73.4 Å². The van der Waals surface area contributed by atoms with Crippen LogP contribution in [-0.4, -0.2) is 0 Å². The first-order chi connectivity index (χ1) is 24.3. The van der Waals surface area contributed by atoms with Gasteiger partial charge in [0.1, 0.15) is 0 Å². The van der Waals surface area contributed by atoms with Crippen molar-refractivity contribution in [1.82, 2.24) is 0 Å². The molecule has 10 rings (SSSR count). The number of hydrogen-bond donors (Lipinski definition) is 0. The van der Waals surface area contributed by atoms with Crippen molar-refractivity contribution in [3.8, 4) is 22.3 Å². The maximum atomic E-state index is 2.41. The van der Waals surface area contributed by atoms with Crippen molar-refractivity contribution in [1.29, 1.82) is 0 Å². The number of fused-ring (bicyclic) bond motifs is 7. The molecule has 10 aromatic rings. The van der Waals surface area contributed by atoms with E-state index >= 15 is 0 Å². The Labute approximate surface area is 292 Å². The van der Waals surface area contributed by atoms with Gasteiger partial charge >= 0.3 is 0 Å². The molecule has 0 aliphatic heterocycles. The number of rotatable bonds is 5. The van der Waals surface area contributed by atoms with Gasteiger partial charge in [-0.2, -0.15) is 0 Å². The predicted molar refractivity (Wildman–Crippen MR) is 215 cm³/mol. The van der Waals surface area contributed by atoms with Gasteiger partial charge in [0.05, 0.1) is 0 Å². The molecule has 0 saturated carbocycles. The summed E-state index contributed by atoms with van der Waals surface area (Å²) < 4.78 is 5.24. The summed E-state index contributed by atoms with van der Waals surface area (Å²) in [5, 5.41) is 7.78. The quantitative estimate of drug-likeness (QED) is 0.178. The SMILES string of the molecule is c1ccc(-c2c(-c3ccc(N(c4ccc5c(c4)sc4ccccc45)c4ccc5c(c4)sc4ccccc45)cc3)ccc3ccccc23)cc1. The van der Waals surface area contributed by atoms with Gasteiger partial charge in [-0.3, -0.25) is 0 Å². The molecule has 0 spiro atoms. The van der Waals surface area contributed by atoms with E-state index in [9.17, 15) is 0 Å². The van der Waals surface area contributed by atoms with Crippen LogP contribution < -0.4 is 4.90 Å². The molecule has 0 aliphatic rings. The van der Waals surface area contributed by atoms with Gasteiger partial charge in [0.2, 0.25) is 0 Å². The Morgan fingerprint density at radius 3 is 1.47 bits per heavy atom. The maximum absolute atomic E-state index is 2.41. The van der Waals surface area contributed by atoms with E-state index in [1.165, 1.54) is 73.4 Å². The Morgan fingerprint density at radius 1 is 0.327 bits per heavy atom. The molecule has 0 fully saturated rings. The van der Waals surface area contributed by atoms with Crippen LogP contribution in [0.3, 0.4) is 0 Å². The van der Waals surface area contributed by atoms with Crippen LogP contribution in [0.15, 0.2) is 176 Å². The third-order valence-electron chi connectivity index (χ3n) is 9.67. The normalized spacial score (nSPS) is 11.7. The fraction of sp³-hybridized carbons (Fsp3) is 0. The molecule has 0 atom stereocenters. The number of anilines is 3. The van der Waals surface area contributed by atoms with Gasteiger partial charge in [-0.15, -0.1) is 22.7 Å². The minimum Gasteiger partial charge on any atom is -0.310 e. The number of nitrogens with zero attached hydrogens (tertiary/aromatic N) is 1. The zero-order valence-electron chi connectivity index (χ0n) is 26.5. The lowest BCUT2D eigenvalue weighted by Gasteiger charge is -2.26. The van der Waals surface area contributed by atoms with Crippen molar-refractivity contribution in [3.05, 3.63) is 176 Å². The second-order valence-electron chi connectivity index (χ2n) is 12.5. The average molecular weight is 660 g/mol. The van der Waals surface area contributed by atoms with E-state index < -0.39 is 0 Å². The minimum absolute atomic E-state index is 1.13. The molecule has 0 bridgehead atoms. The summed E-state index contributed by atoms with van der Waals surface area (Å²) in [5.41, 5.74) is 8.38. The zero-order valence-corrected chi connectivity index (χ0v) is 28.1. The fourth-order valence-corrected chi connectivity index (χ4v) is 9.65. The van der Waals surface area contributed by atoms with Crippen molar-refractivity contribution in [3.63, 3.8) is 0 Å². The number of benzene rings is 8. The maximum Gasteiger partial charge on any atom is 0.0476 e. The fourth-order valence-electron chi connectivity index (χ4n) is 7.37. The lowest BCUT2D eigenvalue weighted by atomic mass is 9.90. The summed E-state index contributed by atoms with van der Waals surface area (Å²) in [5.74, 6) is 0. The molecule has 8 aromatic carbocycles. The van der Waals surface area contributed by atoms with Crippen LogP contribution >= 0.6 is 22.7 Å². The summed E-state index contributed by atoms with van der Waals surface area (Å²) in [6.45, 7) is 0. The summed E-state index contributed by atoms with van der Waals surface area (Å²) in [6, 6.07) is 64.5. The molecule has 0 N–H and O–H groups in total. The van der Waals surface area contributed by atoms with Crippen LogP contribution in [0.2, 0.25) is 0 Å². The van der Waals surface area contributed by atoms with Crippen LogP contribution in [0.4, 0.5) is 17.1 Å². The molecule has 0 radical (unpaired) electrons. The zero-order chi connectivity index (χ0) is 32.3. The van der Waals surface area contributed by atoms with E-state index in [4.69, 9.17) is 0 Å². The van der Waals surface area contributed by atoms with Crippen LogP contribution in [0.5, 0.6) is 0 Å². The smallest absolute Gasteiger partial charge is 0.0476 e. The highest BCUT2D eigenvalue weighted by molar-refractivity contribution is 7.26. The van der Waals surface area contributed by atoms with Gasteiger partial charge in [0, 0.05) is 57.4 Å². The first-order valence-corrected chi connectivity index (χ1v) is 18.2. The molecule has 2 aromatic heterocycles. The highest BCUT2D eigenvalue weighted by Crippen LogP contribution is 2.44. The monoisotopic (exact) mass is 659 g/mol. The van der Waals surface area contributed by atoms with Crippen LogP contribution in [-0.2, 0) is 0 Å². The first kappa shape index (κ1) is 28.3. The van der Waals surface area contributed by atoms with E-state index in [0.29, 0.717) is 0 Å². The number of hydrogen-bond acceptors (Lipinski definition) is 3. The lowest BCUT2D eigenvalue weighted by molar-refractivity contribution is 1.30. The summed E-state index contributed by atoms with van der Waals surface area (Å²) in [7, 11) is 0. The summed E-state index contributed by atoms with van der Waals surface area (Å²) in [6.07, 6.45) is 0. The molecule has 1 nitrogen and oxygen atoms in total. The molecule has 0 amide bonds. The van der Waals surface area contributed by atoms with Crippen molar-refractivity contribution >= 4 is 90.9 Å². The second kappa shape index (κ2) is 11.5. The third-order valence-corrected chi connectivity index (χ3v) is 11.9. The Bertz CT molecular complexity index is 2710. The Kier molecular flexibility index (Phi) is 6.61.